The van der Waals surface area contributed by atoms with Gasteiger partial charge in [-0.2, -0.15) is 12.7 Å². The molecule has 1 atom stereocenters. The highest BCUT2D eigenvalue weighted by Crippen LogP contribution is 2.35. The maximum Gasteiger partial charge on any atom is 0.302 e. The summed E-state index contributed by atoms with van der Waals surface area (Å²) in [5.41, 5.74) is 0.427. The lowest BCUT2D eigenvalue weighted by Gasteiger charge is -2.32. The van der Waals surface area contributed by atoms with Crippen LogP contribution in [0.1, 0.15) is 44.9 Å². The predicted octanol–water partition coefficient (Wildman–Crippen LogP) is 3.55. The second-order valence-corrected chi connectivity index (χ2v) is 11.3. The Labute approximate surface area is 199 Å². The monoisotopic (exact) mass is 498 g/mol. The number of rotatable bonds is 8. The van der Waals surface area contributed by atoms with E-state index in [0.29, 0.717) is 60.2 Å². The Balaban J connectivity index is 1.21. The van der Waals surface area contributed by atoms with Gasteiger partial charge in [-0.25, -0.2) is 0 Å². The van der Waals surface area contributed by atoms with Crippen LogP contribution in [0.4, 0.5) is 5.82 Å². The Hall–Kier alpha value is -1.59. The fraction of sp³-hybridized carbons (Fsp3) is 0.682. The minimum absolute atomic E-state index is 0.0932. The van der Waals surface area contributed by atoms with Gasteiger partial charge in [0.15, 0.2) is 11.4 Å². The molecule has 2 aromatic rings. The highest BCUT2D eigenvalue weighted by atomic mass is 35.5. The summed E-state index contributed by atoms with van der Waals surface area (Å²) >= 11 is 6.42. The van der Waals surface area contributed by atoms with E-state index in [4.69, 9.17) is 25.6 Å². The van der Waals surface area contributed by atoms with E-state index in [1.807, 2.05) is 0 Å². The van der Waals surface area contributed by atoms with Crippen molar-refractivity contribution in [1.29, 1.82) is 0 Å². The zero-order valence-electron chi connectivity index (χ0n) is 18.6. The summed E-state index contributed by atoms with van der Waals surface area (Å²) in [4.78, 5) is 0. The van der Waals surface area contributed by atoms with E-state index >= 15 is 0 Å². The van der Waals surface area contributed by atoms with Crippen LogP contribution in [0.15, 0.2) is 16.7 Å². The number of hydrogen-bond acceptors (Lipinski definition) is 7. The second-order valence-electron chi connectivity index (χ2n) is 9.23. The van der Waals surface area contributed by atoms with E-state index in [2.05, 4.69) is 15.2 Å². The summed E-state index contributed by atoms with van der Waals surface area (Å²) in [6, 6.07) is 3.32. The van der Waals surface area contributed by atoms with Crippen molar-refractivity contribution in [2.75, 3.05) is 37.5 Å². The van der Waals surface area contributed by atoms with Gasteiger partial charge in [-0.3, -0.25) is 4.72 Å². The molecule has 5 rings (SSSR count). The highest BCUT2D eigenvalue weighted by molar-refractivity contribution is 7.90. The molecule has 0 radical (unpaired) electrons. The molecule has 2 N–H and O–H groups in total. The summed E-state index contributed by atoms with van der Waals surface area (Å²) < 4.78 is 47.3. The molecule has 0 unspecified atom stereocenters. The van der Waals surface area contributed by atoms with Crippen LogP contribution in [0.5, 0.6) is 5.75 Å². The van der Waals surface area contributed by atoms with E-state index in [-0.39, 0.29) is 18.0 Å². The Kier molecular flexibility index (Phi) is 6.99. The van der Waals surface area contributed by atoms with Gasteiger partial charge in [0.25, 0.3) is 0 Å². The molecule has 182 valence electrons. The lowest BCUT2D eigenvalue weighted by Crippen LogP contribution is -2.44. The molecule has 1 aliphatic carbocycles. The van der Waals surface area contributed by atoms with Crippen LogP contribution in [0.2, 0.25) is 5.02 Å². The smallest absolute Gasteiger partial charge is 0.302 e. The Bertz CT molecular complexity index is 1060. The van der Waals surface area contributed by atoms with E-state index in [0.717, 1.165) is 19.5 Å². The van der Waals surface area contributed by atoms with Crippen molar-refractivity contribution >= 4 is 38.6 Å². The summed E-state index contributed by atoms with van der Waals surface area (Å²) in [7, 11) is -3.77. The average Bonchev–Trinajstić information content (AvgIpc) is 3.56. The Morgan fingerprint density at radius 2 is 1.94 bits per heavy atom. The fourth-order valence-electron chi connectivity index (χ4n) is 4.92. The van der Waals surface area contributed by atoms with Crippen LogP contribution in [0, 0.1) is 5.92 Å². The average molecular weight is 499 g/mol. The van der Waals surface area contributed by atoms with E-state index in [1.54, 1.807) is 12.1 Å². The molecule has 11 heteroatoms. The first-order valence-electron chi connectivity index (χ1n) is 11.8. The van der Waals surface area contributed by atoms with Crippen LogP contribution < -0.4 is 14.8 Å². The van der Waals surface area contributed by atoms with Gasteiger partial charge in [0.05, 0.1) is 29.2 Å². The standard InChI is InChI=1S/C22H31ClN4O5S/c23-19-11-18-20(12-21(19)30-14-15-3-1-2-4-15)32-25-22(18)26-33(28,29)27-9-6-16(7-10-27)31-17-5-8-24-13-17/h11-12,15-17,24H,1-10,13-14H2,(H,25,26)/t17-/m1/s1. The van der Waals surface area contributed by atoms with E-state index in [9.17, 15) is 8.42 Å². The third-order valence-electron chi connectivity index (χ3n) is 6.84. The third kappa shape index (κ3) is 5.40. The predicted molar refractivity (Wildman–Crippen MR) is 126 cm³/mol. The summed E-state index contributed by atoms with van der Waals surface area (Å²) in [5.74, 6) is 1.21. The summed E-state index contributed by atoms with van der Waals surface area (Å²) in [5, 5.41) is 8.14. The van der Waals surface area contributed by atoms with Gasteiger partial charge in [0, 0.05) is 25.7 Å². The number of piperidine rings is 1. The number of nitrogens with one attached hydrogen (secondary N) is 2. The maximum atomic E-state index is 13.0. The normalized spacial score (nSPS) is 23.5. The minimum Gasteiger partial charge on any atom is -0.492 e. The van der Waals surface area contributed by atoms with Crippen LogP contribution in [-0.4, -0.2) is 62.9 Å². The Morgan fingerprint density at radius 3 is 2.67 bits per heavy atom. The topological polar surface area (TPSA) is 106 Å². The zero-order valence-corrected chi connectivity index (χ0v) is 20.2. The van der Waals surface area contributed by atoms with Crippen molar-refractivity contribution in [3.63, 3.8) is 0 Å². The number of nitrogens with zero attached hydrogens (tertiary/aromatic N) is 2. The third-order valence-corrected chi connectivity index (χ3v) is 8.63. The quantitative estimate of drug-likeness (QED) is 0.573. The van der Waals surface area contributed by atoms with Crippen LogP contribution >= 0.6 is 11.6 Å². The van der Waals surface area contributed by atoms with Gasteiger partial charge in [-0.1, -0.05) is 29.6 Å². The molecule has 1 aromatic carbocycles. The fourth-order valence-corrected chi connectivity index (χ4v) is 6.35. The van der Waals surface area contributed by atoms with Crippen molar-refractivity contribution < 1.29 is 22.4 Å². The van der Waals surface area contributed by atoms with Gasteiger partial charge in [0.2, 0.25) is 0 Å². The summed E-state index contributed by atoms with van der Waals surface area (Å²) in [6.07, 6.45) is 7.52. The molecule has 0 amide bonds. The van der Waals surface area contributed by atoms with Crippen LogP contribution in [-0.2, 0) is 14.9 Å². The van der Waals surface area contributed by atoms with Crippen molar-refractivity contribution in [1.82, 2.24) is 14.8 Å². The summed E-state index contributed by atoms with van der Waals surface area (Å²) in [6.45, 7) is 3.27. The first kappa shape index (κ1) is 23.2. The molecule has 2 saturated heterocycles. The molecule has 1 saturated carbocycles. The first-order valence-corrected chi connectivity index (χ1v) is 13.7. The zero-order chi connectivity index (χ0) is 22.8. The molecule has 0 spiro atoms. The number of halogens is 1. The number of benzene rings is 1. The molecular formula is C22H31ClN4O5S. The van der Waals surface area contributed by atoms with Crippen molar-refractivity contribution in [2.24, 2.45) is 5.92 Å². The minimum atomic E-state index is -3.77. The Morgan fingerprint density at radius 1 is 1.15 bits per heavy atom. The van der Waals surface area contributed by atoms with Gasteiger partial charge in [-0.15, -0.1) is 0 Å². The molecule has 33 heavy (non-hydrogen) atoms. The first-order chi connectivity index (χ1) is 16.0. The van der Waals surface area contributed by atoms with Crippen molar-refractivity contribution in [2.45, 2.75) is 57.2 Å². The number of fused-ring (bicyclic) bond motifs is 1. The molecule has 3 heterocycles. The van der Waals surface area contributed by atoms with Crippen molar-refractivity contribution in [3.05, 3.63) is 17.2 Å². The van der Waals surface area contributed by atoms with Gasteiger partial charge < -0.3 is 19.3 Å². The van der Waals surface area contributed by atoms with Gasteiger partial charge in [-0.05, 0) is 50.6 Å². The van der Waals surface area contributed by atoms with E-state index < -0.39 is 10.2 Å². The maximum absolute atomic E-state index is 13.0. The SMILES string of the molecule is O=S(=O)(Nc1noc2cc(OCC3CCCC3)c(Cl)cc12)N1CCC(O[C@@H]2CCNC2)CC1. The van der Waals surface area contributed by atoms with Gasteiger partial charge >= 0.3 is 10.2 Å². The molecular weight excluding hydrogens is 468 g/mol. The lowest BCUT2D eigenvalue weighted by molar-refractivity contribution is -0.0243. The number of ether oxygens (including phenoxy) is 2. The van der Waals surface area contributed by atoms with Crippen molar-refractivity contribution in [3.8, 4) is 5.75 Å². The van der Waals surface area contributed by atoms with Crippen LogP contribution in [0.3, 0.4) is 0 Å². The largest absolute Gasteiger partial charge is 0.492 e. The second kappa shape index (κ2) is 9.95. The number of anilines is 1. The molecule has 0 bridgehead atoms. The molecule has 2 aliphatic heterocycles. The lowest BCUT2D eigenvalue weighted by atomic mass is 10.1. The molecule has 3 fully saturated rings. The molecule has 1 aromatic heterocycles. The van der Waals surface area contributed by atoms with Crippen LogP contribution in [0.25, 0.3) is 11.0 Å². The molecule has 3 aliphatic rings. The highest BCUT2D eigenvalue weighted by Gasteiger charge is 2.31. The number of aromatic nitrogens is 1. The van der Waals surface area contributed by atoms with E-state index in [1.165, 1.54) is 30.0 Å². The van der Waals surface area contributed by atoms with Gasteiger partial charge in [0.1, 0.15) is 5.75 Å². The number of hydrogen-bond donors (Lipinski definition) is 2. The molecule has 9 nitrogen and oxygen atoms in total.